The van der Waals surface area contributed by atoms with E-state index in [1.165, 1.54) is 11.3 Å². The summed E-state index contributed by atoms with van der Waals surface area (Å²) < 4.78 is 19.2. The first-order valence-electron chi connectivity index (χ1n) is 13.3. The summed E-state index contributed by atoms with van der Waals surface area (Å²) in [7, 11) is 1.56. The zero-order chi connectivity index (χ0) is 28.8. The average molecular weight is 567 g/mol. The van der Waals surface area contributed by atoms with Gasteiger partial charge in [-0.3, -0.25) is 9.36 Å². The molecule has 0 fully saturated rings. The van der Waals surface area contributed by atoms with Crippen LogP contribution < -0.4 is 24.4 Å². The number of nitrogens with zero attached hydrogens (tertiary/aromatic N) is 2. The van der Waals surface area contributed by atoms with Gasteiger partial charge in [-0.1, -0.05) is 90.2 Å². The number of hydrogen-bond donors (Lipinski definition) is 0. The van der Waals surface area contributed by atoms with E-state index in [2.05, 4.69) is 4.99 Å². The number of hydrogen-bond acceptors (Lipinski definition) is 7. The smallest absolute Gasteiger partial charge is 0.338 e. The Morgan fingerprint density at radius 1 is 1.02 bits per heavy atom. The maximum Gasteiger partial charge on any atom is 0.338 e. The number of aromatic nitrogens is 1. The van der Waals surface area contributed by atoms with Gasteiger partial charge in [0.2, 0.25) is 0 Å². The minimum absolute atomic E-state index is 0.201. The van der Waals surface area contributed by atoms with Crippen LogP contribution in [0, 0.1) is 0 Å². The molecule has 8 heteroatoms. The molecule has 2 heterocycles. The highest BCUT2D eigenvalue weighted by Gasteiger charge is 2.33. The molecule has 0 amide bonds. The first-order valence-corrected chi connectivity index (χ1v) is 14.1. The molecule has 5 rings (SSSR count). The predicted molar refractivity (Wildman–Crippen MR) is 161 cm³/mol. The summed E-state index contributed by atoms with van der Waals surface area (Å²) in [5, 5.41) is 0. The Morgan fingerprint density at radius 3 is 2.46 bits per heavy atom. The van der Waals surface area contributed by atoms with Gasteiger partial charge in [0.25, 0.3) is 5.56 Å². The summed E-state index contributed by atoms with van der Waals surface area (Å²) in [5.41, 5.74) is 3.30. The van der Waals surface area contributed by atoms with E-state index in [0.717, 1.165) is 11.1 Å². The van der Waals surface area contributed by atoms with Crippen LogP contribution in [0.1, 0.15) is 36.6 Å². The van der Waals surface area contributed by atoms with E-state index in [4.69, 9.17) is 14.2 Å². The first kappa shape index (κ1) is 27.9. The number of esters is 1. The minimum Gasteiger partial charge on any atom is -0.493 e. The largest absolute Gasteiger partial charge is 0.493 e. The van der Waals surface area contributed by atoms with Crippen molar-refractivity contribution in [2.24, 2.45) is 4.99 Å². The lowest BCUT2D eigenvalue weighted by atomic mass is 9.95. The quantitative estimate of drug-likeness (QED) is 0.265. The summed E-state index contributed by atoms with van der Waals surface area (Å²) >= 11 is 1.28. The van der Waals surface area contributed by atoms with E-state index in [1.807, 2.05) is 78.9 Å². The SMILES string of the molecule is CCOC(=O)C1=C(C)N=c2sc(=CC=Cc3ccccc3)c(=O)n2C1c1ccc(OCc2ccccc2)c(OC)c1. The summed E-state index contributed by atoms with van der Waals surface area (Å²) in [4.78, 5) is 32.1. The number of rotatable bonds is 9. The van der Waals surface area contributed by atoms with Gasteiger partial charge in [-0.2, -0.15) is 0 Å². The number of ether oxygens (including phenoxy) is 3. The maximum absolute atomic E-state index is 13.8. The van der Waals surface area contributed by atoms with Gasteiger partial charge in [0.05, 0.1) is 35.6 Å². The Morgan fingerprint density at radius 2 is 1.76 bits per heavy atom. The molecule has 1 atom stereocenters. The molecule has 1 unspecified atom stereocenters. The fraction of sp³-hybridized carbons (Fsp3) is 0.182. The second kappa shape index (κ2) is 12.7. The molecular weight excluding hydrogens is 536 g/mol. The van der Waals surface area contributed by atoms with Crippen molar-refractivity contribution in [3.63, 3.8) is 0 Å². The summed E-state index contributed by atoms with van der Waals surface area (Å²) in [5.74, 6) is 0.529. The van der Waals surface area contributed by atoms with Crippen LogP contribution >= 0.6 is 11.3 Å². The normalized spacial score (nSPS) is 15.0. The van der Waals surface area contributed by atoms with E-state index < -0.39 is 12.0 Å². The third-order valence-corrected chi connectivity index (χ3v) is 7.59. The van der Waals surface area contributed by atoms with Crippen LogP contribution in [-0.4, -0.2) is 24.3 Å². The van der Waals surface area contributed by atoms with Gasteiger partial charge >= 0.3 is 5.97 Å². The Labute approximate surface area is 242 Å². The van der Waals surface area contributed by atoms with Crippen molar-refractivity contribution >= 4 is 29.5 Å². The molecule has 1 aliphatic heterocycles. The van der Waals surface area contributed by atoms with Crippen LogP contribution in [0.15, 0.2) is 106 Å². The van der Waals surface area contributed by atoms with Crippen LogP contribution in [0.2, 0.25) is 0 Å². The number of fused-ring (bicyclic) bond motifs is 1. The lowest BCUT2D eigenvalue weighted by molar-refractivity contribution is -0.139. The zero-order valence-electron chi connectivity index (χ0n) is 23.1. The second-order valence-electron chi connectivity index (χ2n) is 9.28. The van der Waals surface area contributed by atoms with Gasteiger partial charge in [0.1, 0.15) is 6.61 Å². The molecule has 1 aliphatic rings. The number of thiazole rings is 1. The van der Waals surface area contributed by atoms with Gasteiger partial charge in [-0.05, 0) is 48.7 Å². The number of carbonyl (C=O) groups is 1. The van der Waals surface area contributed by atoms with E-state index in [0.29, 0.717) is 44.3 Å². The fourth-order valence-corrected chi connectivity index (χ4v) is 5.64. The molecule has 3 aromatic carbocycles. The summed E-state index contributed by atoms with van der Waals surface area (Å²) in [6.45, 7) is 4.08. The molecular formula is C33H30N2O5S. The molecule has 0 saturated heterocycles. The van der Waals surface area contributed by atoms with Crippen LogP contribution in [-0.2, 0) is 16.1 Å². The molecule has 7 nitrogen and oxygen atoms in total. The molecule has 4 aromatic rings. The van der Waals surface area contributed by atoms with E-state index in [1.54, 1.807) is 43.7 Å². The molecule has 0 aliphatic carbocycles. The third-order valence-electron chi connectivity index (χ3n) is 6.59. The van der Waals surface area contributed by atoms with Crippen molar-refractivity contribution in [2.75, 3.05) is 13.7 Å². The number of allylic oxidation sites excluding steroid dienone is 2. The second-order valence-corrected chi connectivity index (χ2v) is 10.3. The molecule has 0 saturated carbocycles. The van der Waals surface area contributed by atoms with E-state index >= 15 is 0 Å². The van der Waals surface area contributed by atoms with Gasteiger partial charge in [-0.25, -0.2) is 9.79 Å². The first-order chi connectivity index (χ1) is 20.0. The molecule has 208 valence electrons. The Balaban J connectivity index is 1.57. The molecule has 41 heavy (non-hydrogen) atoms. The van der Waals surface area contributed by atoms with Crippen molar-refractivity contribution in [2.45, 2.75) is 26.5 Å². The van der Waals surface area contributed by atoms with Crippen LogP contribution in [0.5, 0.6) is 11.5 Å². The highest BCUT2D eigenvalue weighted by Crippen LogP contribution is 2.36. The predicted octanol–water partition coefficient (Wildman–Crippen LogP) is 5.05. The maximum atomic E-state index is 13.8. The molecule has 0 N–H and O–H groups in total. The molecule has 0 radical (unpaired) electrons. The number of carbonyl (C=O) groups excluding carboxylic acids is 1. The Bertz CT molecular complexity index is 1790. The summed E-state index contributed by atoms with van der Waals surface area (Å²) in [6, 6.07) is 24.4. The van der Waals surface area contributed by atoms with Gasteiger partial charge < -0.3 is 14.2 Å². The van der Waals surface area contributed by atoms with Crippen LogP contribution in [0.4, 0.5) is 0 Å². The van der Waals surface area contributed by atoms with E-state index in [-0.39, 0.29) is 12.2 Å². The van der Waals surface area contributed by atoms with Crippen LogP contribution in [0.3, 0.4) is 0 Å². The molecule has 0 bridgehead atoms. The Hall–Kier alpha value is -4.69. The highest BCUT2D eigenvalue weighted by atomic mass is 32.1. The fourth-order valence-electron chi connectivity index (χ4n) is 4.64. The monoisotopic (exact) mass is 566 g/mol. The summed E-state index contributed by atoms with van der Waals surface area (Å²) in [6.07, 6.45) is 5.56. The van der Waals surface area contributed by atoms with Gasteiger partial charge in [0.15, 0.2) is 16.3 Å². The highest BCUT2D eigenvalue weighted by molar-refractivity contribution is 7.07. The number of methoxy groups -OCH3 is 1. The van der Waals surface area contributed by atoms with E-state index in [9.17, 15) is 9.59 Å². The van der Waals surface area contributed by atoms with Crippen molar-refractivity contribution in [3.05, 3.63) is 133 Å². The Kier molecular flexibility index (Phi) is 8.60. The average Bonchev–Trinajstić information content (AvgIpc) is 3.30. The van der Waals surface area contributed by atoms with Gasteiger partial charge in [0, 0.05) is 0 Å². The molecule has 0 spiro atoms. The number of benzene rings is 3. The van der Waals surface area contributed by atoms with Gasteiger partial charge in [-0.15, -0.1) is 0 Å². The van der Waals surface area contributed by atoms with Crippen molar-refractivity contribution in [1.82, 2.24) is 4.57 Å². The lowest BCUT2D eigenvalue weighted by Gasteiger charge is -2.25. The zero-order valence-corrected chi connectivity index (χ0v) is 23.9. The standard InChI is InChI=1S/C33H30N2O5S/c1-4-39-32(37)29-22(2)34-33-35(31(36)28(41-33)17-11-16-23-12-7-5-8-13-23)30(29)25-18-19-26(27(20-25)38-3)40-21-24-14-9-6-10-15-24/h5-20,30H,4,21H2,1-3H3. The lowest BCUT2D eigenvalue weighted by Crippen LogP contribution is -2.39. The van der Waals surface area contributed by atoms with Crippen molar-refractivity contribution in [3.8, 4) is 11.5 Å². The minimum atomic E-state index is -0.748. The van der Waals surface area contributed by atoms with Crippen molar-refractivity contribution < 1.29 is 19.0 Å². The van der Waals surface area contributed by atoms with Crippen LogP contribution in [0.25, 0.3) is 12.2 Å². The van der Waals surface area contributed by atoms with Crippen molar-refractivity contribution in [1.29, 1.82) is 0 Å². The topological polar surface area (TPSA) is 79.1 Å². The molecule has 1 aromatic heterocycles. The third kappa shape index (κ3) is 6.07.